The quantitative estimate of drug-likeness (QED) is 0.0996. The van der Waals surface area contributed by atoms with Gasteiger partial charge in [0.05, 0.1) is 57.5 Å². The summed E-state index contributed by atoms with van der Waals surface area (Å²) in [5.41, 5.74) is 6.87. The van der Waals surface area contributed by atoms with E-state index in [0.717, 1.165) is 44.0 Å². The maximum absolute atomic E-state index is 16.0. The summed E-state index contributed by atoms with van der Waals surface area (Å²) < 4.78 is 32.3. The molecule has 4 fully saturated rings. The monoisotopic (exact) mass is 806 g/mol. The molecule has 5 heterocycles. The number of nitro groups is 1. The van der Waals surface area contributed by atoms with Crippen molar-refractivity contribution in [2.24, 2.45) is 11.1 Å². The van der Waals surface area contributed by atoms with Gasteiger partial charge in [0.25, 0.3) is 5.69 Å². The molecule has 0 unspecified atom stereocenters. The van der Waals surface area contributed by atoms with Gasteiger partial charge in [-0.05, 0) is 56.7 Å². The van der Waals surface area contributed by atoms with Crippen LogP contribution in [0.3, 0.4) is 0 Å². The van der Waals surface area contributed by atoms with Crippen LogP contribution in [0.5, 0.6) is 0 Å². The van der Waals surface area contributed by atoms with E-state index >= 15 is 4.39 Å². The first-order valence-electron chi connectivity index (χ1n) is 20.4. The Morgan fingerprint density at radius 3 is 2.42 bits per heavy atom. The Morgan fingerprint density at radius 2 is 1.81 bits per heavy atom. The molecule has 0 bridgehead atoms. The van der Waals surface area contributed by atoms with Crippen LogP contribution in [0.4, 0.5) is 26.0 Å². The summed E-state index contributed by atoms with van der Waals surface area (Å²) in [5, 5.41) is 28.7. The number of nitrogens with zero attached hydrogens (tertiary/aromatic N) is 10. The van der Waals surface area contributed by atoms with Gasteiger partial charge in [-0.25, -0.2) is 18.7 Å². The van der Waals surface area contributed by atoms with E-state index in [2.05, 4.69) is 33.3 Å². The third-order valence-electron chi connectivity index (χ3n) is 12.8. The summed E-state index contributed by atoms with van der Waals surface area (Å²) in [4.78, 5) is 44.0. The Balaban J connectivity index is 0.902. The van der Waals surface area contributed by atoms with Crippen LogP contribution in [0.15, 0.2) is 61.3 Å². The molecule has 2 aliphatic heterocycles. The van der Waals surface area contributed by atoms with Crippen LogP contribution in [0.2, 0.25) is 0 Å². The number of non-ortho nitro benzene ring substituents is 1. The van der Waals surface area contributed by atoms with Crippen molar-refractivity contribution >= 4 is 28.7 Å². The lowest BCUT2D eigenvalue weighted by Crippen LogP contribution is -2.54. The highest BCUT2D eigenvalue weighted by atomic mass is 19.1. The number of halogens is 2. The maximum atomic E-state index is 16.0. The normalized spacial score (nSPS) is 22.3. The molecule has 3 N–H and O–H groups in total. The van der Waals surface area contributed by atoms with Gasteiger partial charge in [0.2, 0.25) is 5.91 Å². The molecule has 0 atom stereocenters. The highest BCUT2D eigenvalue weighted by Gasteiger charge is 2.47. The molecule has 1 aromatic carbocycles. The zero-order valence-corrected chi connectivity index (χ0v) is 33.1. The Bertz CT molecular complexity index is 2270. The highest BCUT2D eigenvalue weighted by molar-refractivity contribution is 5.84. The van der Waals surface area contributed by atoms with Gasteiger partial charge in [0, 0.05) is 100 Å². The van der Waals surface area contributed by atoms with Crippen LogP contribution in [-0.4, -0.2) is 98.0 Å². The average molecular weight is 807 g/mol. The van der Waals surface area contributed by atoms with Gasteiger partial charge < -0.3 is 20.9 Å². The number of hydrogen-bond donors (Lipinski definition) is 2. The van der Waals surface area contributed by atoms with Crippen molar-refractivity contribution in [2.75, 3.05) is 55.6 Å². The van der Waals surface area contributed by atoms with Crippen molar-refractivity contribution in [1.29, 1.82) is 5.26 Å². The lowest BCUT2D eigenvalue weighted by atomic mass is 9.74. The predicted molar refractivity (Wildman–Crippen MR) is 218 cm³/mol. The molecule has 4 aliphatic rings. The van der Waals surface area contributed by atoms with Gasteiger partial charge in [-0.1, -0.05) is 6.92 Å². The second-order valence-electron chi connectivity index (χ2n) is 16.3. The van der Waals surface area contributed by atoms with E-state index in [1.807, 2.05) is 28.1 Å². The topological polar surface area (TPSA) is 188 Å². The van der Waals surface area contributed by atoms with Gasteiger partial charge in [-0.2, -0.15) is 10.4 Å². The lowest BCUT2D eigenvalue weighted by Gasteiger charge is -2.46. The number of aromatic nitrogens is 5. The summed E-state index contributed by atoms with van der Waals surface area (Å²) in [6, 6.07) is 9.77. The van der Waals surface area contributed by atoms with Crippen molar-refractivity contribution in [1.82, 2.24) is 34.9 Å². The van der Waals surface area contributed by atoms with E-state index in [1.54, 1.807) is 23.3 Å². The fourth-order valence-electron chi connectivity index (χ4n) is 8.79. The number of amides is 1. The first-order valence-corrected chi connectivity index (χ1v) is 20.4. The van der Waals surface area contributed by atoms with Crippen LogP contribution in [-0.2, 0) is 4.79 Å². The number of alkyl halides is 1. The zero-order valence-electron chi connectivity index (χ0n) is 33.1. The summed E-state index contributed by atoms with van der Waals surface area (Å²) in [6.07, 6.45) is 14.2. The minimum absolute atomic E-state index is 0.146. The summed E-state index contributed by atoms with van der Waals surface area (Å²) >= 11 is 0. The molecule has 3 aromatic heterocycles. The molecule has 59 heavy (non-hydrogen) atoms. The molecule has 0 radical (unpaired) electrons. The van der Waals surface area contributed by atoms with E-state index in [1.165, 1.54) is 24.8 Å². The first kappa shape index (κ1) is 39.8. The molecule has 17 heteroatoms. The molecule has 308 valence electrons. The number of piperidine rings is 1. The third-order valence-corrected chi connectivity index (χ3v) is 12.8. The molecule has 4 aromatic rings. The van der Waals surface area contributed by atoms with Gasteiger partial charge in [0.15, 0.2) is 5.82 Å². The number of nitrogens with two attached hydrogens (primary N) is 1. The van der Waals surface area contributed by atoms with E-state index in [0.29, 0.717) is 79.2 Å². The molecular weight excluding hydrogens is 759 g/mol. The average Bonchev–Trinajstić information content (AvgIpc) is 3.72. The third kappa shape index (κ3) is 8.05. The largest absolute Gasteiger partial charge is 0.403 e. The summed E-state index contributed by atoms with van der Waals surface area (Å²) in [6.45, 7) is 5.82. The van der Waals surface area contributed by atoms with E-state index < -0.39 is 16.4 Å². The van der Waals surface area contributed by atoms with E-state index in [-0.39, 0.29) is 48.0 Å². The van der Waals surface area contributed by atoms with Gasteiger partial charge in [-0.15, -0.1) is 0 Å². The fraction of sp³-hybridized carbons (Fsp3) is 0.476. The first-order chi connectivity index (χ1) is 28.5. The molecule has 2 saturated carbocycles. The smallest absolute Gasteiger partial charge is 0.272 e. The summed E-state index contributed by atoms with van der Waals surface area (Å²) in [5.74, 6) is 0.335. The summed E-state index contributed by atoms with van der Waals surface area (Å²) in [7, 11) is 0. The van der Waals surface area contributed by atoms with Crippen molar-refractivity contribution in [3.63, 3.8) is 0 Å². The molecule has 1 amide bonds. The van der Waals surface area contributed by atoms with Crippen LogP contribution in [0, 0.1) is 32.7 Å². The fourth-order valence-corrected chi connectivity index (χ4v) is 8.79. The standard InChI is InChI=1S/C42H48F2N12O3/c1-2-41(40(57)50-31-4-3-5-31)10-12-54(13-11-41)37-9-6-28(23-47-37)39-38(29(21-45)22-46)48-25-35(51-39)30-24-49-55(26-30)33-19-42(44,20-33)27-52-14-16-53(17-15-52)36-8-7-32(56(58)59)18-34(36)43/h6-9,18,21,23-26,31,33H,2-5,10-17,19-20,27,45H2,1H3,(H,50,57)/b29-21-. The second kappa shape index (κ2) is 16.3. The Morgan fingerprint density at radius 1 is 1.05 bits per heavy atom. The van der Waals surface area contributed by atoms with E-state index in [4.69, 9.17) is 15.7 Å². The number of nitro benzene ring substituents is 1. The van der Waals surface area contributed by atoms with Crippen LogP contribution in [0.25, 0.3) is 28.1 Å². The van der Waals surface area contributed by atoms with Gasteiger partial charge >= 0.3 is 0 Å². The number of hydrogen-bond acceptors (Lipinski definition) is 12. The number of nitriles is 1. The Hall–Kier alpha value is -6.02. The van der Waals surface area contributed by atoms with Crippen molar-refractivity contribution in [2.45, 2.75) is 76.0 Å². The number of carbonyl (C=O) groups excluding carboxylic acids is 1. The number of benzene rings is 1. The number of nitrogens with one attached hydrogen (secondary N) is 1. The minimum Gasteiger partial charge on any atom is -0.403 e. The lowest BCUT2D eigenvalue weighted by molar-refractivity contribution is -0.385. The molecular formula is C42H48F2N12O3. The SMILES string of the molecule is CCC1(C(=O)NC2CCC2)CCN(c2ccc(-c3nc(-c4cnn(C5CC(F)(CN6CCN(c7ccc([N+](=O)[O-])cc7F)CC6)C5)c4)cnc3/C(C#N)=C\N)cn2)CC1. The van der Waals surface area contributed by atoms with Crippen LogP contribution < -0.4 is 20.9 Å². The Kier molecular flexibility index (Phi) is 11.0. The number of pyridine rings is 1. The number of allylic oxidation sites excluding steroid dienone is 1. The molecule has 2 aliphatic carbocycles. The number of piperazine rings is 1. The van der Waals surface area contributed by atoms with Crippen molar-refractivity contribution < 1.29 is 18.5 Å². The van der Waals surface area contributed by atoms with Crippen LogP contribution >= 0.6 is 0 Å². The van der Waals surface area contributed by atoms with E-state index in [9.17, 15) is 24.6 Å². The maximum Gasteiger partial charge on any atom is 0.272 e. The zero-order chi connectivity index (χ0) is 41.3. The van der Waals surface area contributed by atoms with Gasteiger partial charge in [0.1, 0.15) is 23.2 Å². The molecule has 2 saturated heterocycles. The van der Waals surface area contributed by atoms with Crippen molar-refractivity contribution in [3.8, 4) is 28.6 Å². The number of anilines is 2. The minimum atomic E-state index is -1.40. The predicted octanol–water partition coefficient (Wildman–Crippen LogP) is 5.80. The number of rotatable bonds is 12. The molecule has 15 nitrogen and oxygen atoms in total. The molecule has 0 spiro atoms. The Labute approximate surface area is 341 Å². The van der Waals surface area contributed by atoms with Crippen LogP contribution in [0.1, 0.15) is 70.0 Å². The second-order valence-corrected chi connectivity index (χ2v) is 16.3. The van der Waals surface area contributed by atoms with Gasteiger partial charge in [-0.3, -0.25) is 29.5 Å². The number of carbonyl (C=O) groups is 1. The highest BCUT2D eigenvalue weighted by Crippen LogP contribution is 2.45. The molecule has 8 rings (SSSR count). The van der Waals surface area contributed by atoms with Crippen molar-refractivity contribution in [3.05, 3.63) is 82.9 Å².